The average molecular weight is 596 g/mol. The van der Waals surface area contributed by atoms with E-state index in [4.69, 9.17) is 28.9 Å². The standard InChI is InChI=1S/C28H30Cl2F3N5O2/c1-37-22-9-19(27-10-16(27)12-38(13-27)17-5-3-15(4-6-17)28(31,32)33)18(25(39)40)8-21(22)35-26(37)36-24-20(29)7-2-14(11-34)23(24)30/h2,7-9,15-17H,3-6,10-13,34H2,1H3,(H,35,36)(H,39,40)/t15?,16-,17?,27+/m1/s1. The van der Waals surface area contributed by atoms with E-state index < -0.39 is 18.1 Å². The summed E-state index contributed by atoms with van der Waals surface area (Å²) in [5, 5.41) is 14.1. The summed E-state index contributed by atoms with van der Waals surface area (Å²) < 4.78 is 41.4. The molecular weight excluding hydrogens is 566 g/mol. The zero-order valence-electron chi connectivity index (χ0n) is 21.9. The molecule has 2 heterocycles. The van der Waals surface area contributed by atoms with Gasteiger partial charge in [-0.3, -0.25) is 4.90 Å². The number of halogens is 5. The minimum absolute atomic E-state index is 0.103. The maximum absolute atomic E-state index is 13.2. The normalized spacial score (nSPS) is 26.7. The lowest BCUT2D eigenvalue weighted by Crippen LogP contribution is -2.41. The number of nitrogens with zero attached hydrogens (tertiary/aromatic N) is 3. The Kier molecular flexibility index (Phi) is 6.76. The highest BCUT2D eigenvalue weighted by atomic mass is 35.5. The van der Waals surface area contributed by atoms with Crippen molar-refractivity contribution in [3.8, 4) is 0 Å². The first-order chi connectivity index (χ1) is 18.9. The molecule has 3 aliphatic rings. The number of piperidine rings is 1. The monoisotopic (exact) mass is 595 g/mol. The fourth-order valence-electron chi connectivity index (χ4n) is 6.90. The molecule has 1 aromatic heterocycles. The number of likely N-dealkylation sites (tertiary alicyclic amines) is 1. The van der Waals surface area contributed by atoms with Crippen LogP contribution in [0.25, 0.3) is 11.0 Å². The number of carboxylic acids is 1. The van der Waals surface area contributed by atoms with Gasteiger partial charge >= 0.3 is 12.1 Å². The number of alkyl halides is 3. The molecule has 4 N–H and O–H groups in total. The molecular formula is C28H30Cl2F3N5O2. The quantitative estimate of drug-likeness (QED) is 0.302. The van der Waals surface area contributed by atoms with Crippen molar-refractivity contribution in [2.24, 2.45) is 24.6 Å². The summed E-state index contributed by atoms with van der Waals surface area (Å²) in [6.07, 6.45) is -1.92. The third kappa shape index (κ3) is 4.53. The van der Waals surface area contributed by atoms with Crippen molar-refractivity contribution in [3.05, 3.63) is 51.0 Å². The molecule has 12 heteroatoms. The SMILES string of the molecule is Cn1c(Nc2c(Cl)ccc(CN)c2Cl)nc2cc(C(=O)O)c([C@]34C[C@@H]3CN(C3CCC(C(F)(F)F)CC3)C4)cc21. The summed E-state index contributed by atoms with van der Waals surface area (Å²) in [6, 6.07) is 7.09. The van der Waals surface area contributed by atoms with Gasteiger partial charge in [0.05, 0.1) is 38.2 Å². The Labute approximate surface area is 239 Å². The van der Waals surface area contributed by atoms with Crippen molar-refractivity contribution in [1.82, 2.24) is 14.5 Å². The zero-order valence-corrected chi connectivity index (χ0v) is 23.4. The van der Waals surface area contributed by atoms with Gasteiger partial charge in [0.15, 0.2) is 0 Å². The van der Waals surface area contributed by atoms with Crippen LogP contribution in [0, 0.1) is 11.8 Å². The molecule has 1 aliphatic heterocycles. The number of aryl methyl sites for hydroxylation is 1. The van der Waals surface area contributed by atoms with Crippen molar-refractivity contribution in [2.75, 3.05) is 18.4 Å². The summed E-state index contributed by atoms with van der Waals surface area (Å²) in [4.78, 5) is 19.4. The van der Waals surface area contributed by atoms with Gasteiger partial charge in [0.2, 0.25) is 5.95 Å². The van der Waals surface area contributed by atoms with E-state index in [1.165, 1.54) is 0 Å². The third-order valence-electron chi connectivity index (χ3n) is 9.26. The Bertz CT molecular complexity index is 1500. The van der Waals surface area contributed by atoms with E-state index in [-0.39, 0.29) is 42.3 Å². The Morgan fingerprint density at radius 3 is 2.60 bits per heavy atom. The molecule has 0 unspecified atom stereocenters. The van der Waals surface area contributed by atoms with E-state index in [1.807, 2.05) is 17.7 Å². The number of anilines is 2. The number of benzene rings is 2. The van der Waals surface area contributed by atoms with E-state index in [2.05, 4.69) is 15.2 Å². The lowest BCUT2D eigenvalue weighted by molar-refractivity contribution is -0.184. The summed E-state index contributed by atoms with van der Waals surface area (Å²) in [5.74, 6) is -1.51. The molecule has 2 aliphatic carbocycles. The second-order valence-corrected chi connectivity index (χ2v) is 12.2. The molecule has 3 fully saturated rings. The van der Waals surface area contributed by atoms with E-state index in [9.17, 15) is 23.1 Å². The summed E-state index contributed by atoms with van der Waals surface area (Å²) in [7, 11) is 1.83. The first-order valence-corrected chi connectivity index (χ1v) is 14.2. The van der Waals surface area contributed by atoms with Gasteiger partial charge in [-0.1, -0.05) is 29.3 Å². The van der Waals surface area contributed by atoms with Gasteiger partial charge in [-0.15, -0.1) is 0 Å². The molecule has 2 saturated carbocycles. The topological polar surface area (TPSA) is 96.4 Å². The Balaban J connectivity index is 1.30. The van der Waals surface area contributed by atoms with Crippen LogP contribution < -0.4 is 11.1 Å². The summed E-state index contributed by atoms with van der Waals surface area (Å²) in [6.45, 7) is 1.68. The van der Waals surface area contributed by atoms with Gasteiger partial charge in [-0.05, 0) is 67.3 Å². The Morgan fingerprint density at radius 2 is 1.95 bits per heavy atom. The maximum atomic E-state index is 13.2. The first kappa shape index (κ1) is 27.6. The molecule has 0 radical (unpaired) electrons. The Morgan fingerprint density at radius 1 is 1.23 bits per heavy atom. The van der Waals surface area contributed by atoms with E-state index >= 15 is 0 Å². The molecule has 214 valence electrons. The van der Waals surface area contributed by atoms with Crippen LogP contribution in [-0.2, 0) is 19.0 Å². The lowest BCUT2D eigenvalue weighted by atomic mass is 9.84. The number of nitrogens with two attached hydrogens (primary N) is 1. The fraction of sp³-hybridized carbons (Fsp3) is 0.500. The van der Waals surface area contributed by atoms with Crippen LogP contribution in [0.3, 0.4) is 0 Å². The predicted octanol–water partition coefficient (Wildman–Crippen LogP) is 6.48. The van der Waals surface area contributed by atoms with Crippen LogP contribution in [0.4, 0.5) is 24.8 Å². The second-order valence-electron chi connectivity index (χ2n) is 11.4. The number of carboxylic acid groups (broad SMARTS) is 1. The number of rotatable bonds is 6. The summed E-state index contributed by atoms with van der Waals surface area (Å²) in [5.41, 5.74) is 8.91. The average Bonchev–Trinajstić information content (AvgIpc) is 3.34. The Hall–Kier alpha value is -2.53. The number of aromatic carboxylic acids is 1. The van der Waals surface area contributed by atoms with Gasteiger partial charge in [-0.2, -0.15) is 13.2 Å². The van der Waals surface area contributed by atoms with E-state index in [0.717, 1.165) is 29.6 Å². The van der Waals surface area contributed by atoms with Crippen molar-refractivity contribution < 1.29 is 23.1 Å². The lowest BCUT2D eigenvalue weighted by Gasteiger charge is -2.36. The van der Waals surface area contributed by atoms with Gasteiger partial charge in [0, 0.05) is 38.1 Å². The first-order valence-electron chi connectivity index (χ1n) is 13.4. The number of hydrogen-bond donors (Lipinski definition) is 3. The molecule has 0 spiro atoms. The maximum Gasteiger partial charge on any atom is 0.391 e. The van der Waals surface area contributed by atoms with Crippen LogP contribution in [0.2, 0.25) is 10.0 Å². The highest BCUT2D eigenvalue weighted by Gasteiger charge is 2.62. The second kappa shape index (κ2) is 9.79. The summed E-state index contributed by atoms with van der Waals surface area (Å²) >= 11 is 12.9. The van der Waals surface area contributed by atoms with E-state index in [0.29, 0.717) is 46.6 Å². The van der Waals surface area contributed by atoms with Crippen molar-refractivity contribution in [3.63, 3.8) is 0 Å². The number of nitrogens with one attached hydrogen (secondary N) is 1. The van der Waals surface area contributed by atoms with Crippen LogP contribution in [0.5, 0.6) is 0 Å². The minimum Gasteiger partial charge on any atom is -0.478 e. The van der Waals surface area contributed by atoms with Gasteiger partial charge < -0.3 is 20.7 Å². The number of aromatic nitrogens is 2. The van der Waals surface area contributed by atoms with Crippen LogP contribution in [-0.4, -0.2) is 50.8 Å². The molecule has 2 atom stereocenters. The number of carbonyl (C=O) groups is 1. The molecule has 6 rings (SSSR count). The van der Waals surface area contributed by atoms with Gasteiger partial charge in [0.25, 0.3) is 0 Å². The molecule has 0 amide bonds. The zero-order chi connectivity index (χ0) is 28.6. The van der Waals surface area contributed by atoms with Crippen molar-refractivity contribution in [2.45, 2.75) is 56.3 Å². The van der Waals surface area contributed by atoms with Crippen molar-refractivity contribution >= 4 is 51.8 Å². The predicted molar refractivity (Wildman–Crippen MR) is 148 cm³/mol. The van der Waals surface area contributed by atoms with Crippen LogP contribution >= 0.6 is 23.2 Å². The van der Waals surface area contributed by atoms with Gasteiger partial charge in [0.1, 0.15) is 0 Å². The van der Waals surface area contributed by atoms with Crippen molar-refractivity contribution in [1.29, 1.82) is 0 Å². The van der Waals surface area contributed by atoms with E-state index in [1.54, 1.807) is 18.2 Å². The highest BCUT2D eigenvalue weighted by Crippen LogP contribution is 2.61. The molecule has 0 bridgehead atoms. The number of hydrogen-bond acceptors (Lipinski definition) is 5. The third-order valence-corrected chi connectivity index (χ3v) is 10.0. The molecule has 2 aromatic carbocycles. The smallest absolute Gasteiger partial charge is 0.391 e. The molecule has 7 nitrogen and oxygen atoms in total. The highest BCUT2D eigenvalue weighted by molar-refractivity contribution is 6.39. The fourth-order valence-corrected chi connectivity index (χ4v) is 7.45. The minimum atomic E-state index is -4.13. The molecule has 40 heavy (non-hydrogen) atoms. The molecule has 3 aromatic rings. The number of imidazole rings is 1. The van der Waals surface area contributed by atoms with Crippen LogP contribution in [0.1, 0.15) is 53.6 Å². The number of fused-ring (bicyclic) bond motifs is 2. The largest absolute Gasteiger partial charge is 0.478 e. The molecule has 1 saturated heterocycles. The van der Waals surface area contributed by atoms with Gasteiger partial charge in [-0.25, -0.2) is 9.78 Å². The van der Waals surface area contributed by atoms with Crippen LogP contribution in [0.15, 0.2) is 24.3 Å².